The number of H-pyrrole nitrogens is 1. The van der Waals surface area contributed by atoms with Crippen LogP contribution >= 0.6 is 0 Å². The zero-order chi connectivity index (χ0) is 15.1. The van der Waals surface area contributed by atoms with E-state index in [1.807, 2.05) is 34.6 Å². The topological polar surface area (TPSA) is 28.7 Å². The molecule has 0 saturated carbocycles. The van der Waals surface area contributed by atoms with Crippen molar-refractivity contribution < 1.29 is 0 Å². The number of fused-ring (bicyclic) bond motifs is 3. The Morgan fingerprint density at radius 1 is 1.00 bits per heavy atom. The molecule has 110 valence electrons. The minimum Gasteiger partial charge on any atom is -0.346 e. The lowest BCUT2D eigenvalue weighted by molar-refractivity contribution is 0.814. The molecule has 0 unspecified atom stereocenters. The molecule has 2 heteroatoms. The van der Waals surface area contributed by atoms with Gasteiger partial charge in [0.05, 0.1) is 5.69 Å². The molecule has 0 bridgehead atoms. The van der Waals surface area contributed by atoms with Crippen LogP contribution in [0.3, 0.4) is 0 Å². The fourth-order valence-corrected chi connectivity index (χ4v) is 2.56. The van der Waals surface area contributed by atoms with Crippen molar-refractivity contribution in [2.45, 2.75) is 60.8 Å². The highest BCUT2D eigenvalue weighted by Crippen LogP contribution is 2.31. The zero-order valence-corrected chi connectivity index (χ0v) is 13.8. The van der Waals surface area contributed by atoms with Crippen LogP contribution in [-0.2, 0) is 12.8 Å². The molecule has 1 N–H and O–H groups in total. The second kappa shape index (κ2) is 7.88. The van der Waals surface area contributed by atoms with Gasteiger partial charge in [0.15, 0.2) is 0 Å². The van der Waals surface area contributed by atoms with Gasteiger partial charge in [0.25, 0.3) is 0 Å². The fourth-order valence-electron chi connectivity index (χ4n) is 2.56. The van der Waals surface area contributed by atoms with Gasteiger partial charge in [-0.3, -0.25) is 0 Å². The lowest BCUT2D eigenvalue weighted by Crippen LogP contribution is -1.89. The maximum absolute atomic E-state index is 4.63. The summed E-state index contributed by atoms with van der Waals surface area (Å²) in [4.78, 5) is 8.01. The van der Waals surface area contributed by atoms with Crippen molar-refractivity contribution in [2.75, 3.05) is 0 Å². The van der Waals surface area contributed by atoms with Gasteiger partial charge in [-0.05, 0) is 38.7 Å². The molecule has 1 aromatic heterocycles. The number of benzene rings is 1. The van der Waals surface area contributed by atoms with Crippen LogP contribution in [-0.4, -0.2) is 9.97 Å². The molecular formula is C18H28N2. The van der Waals surface area contributed by atoms with E-state index < -0.39 is 0 Å². The Hall–Kier alpha value is -1.57. The van der Waals surface area contributed by atoms with Gasteiger partial charge in [0, 0.05) is 11.3 Å². The van der Waals surface area contributed by atoms with E-state index in [-0.39, 0.29) is 0 Å². The lowest BCUT2D eigenvalue weighted by Gasteiger charge is -2.05. The third-order valence-corrected chi connectivity index (χ3v) is 3.29. The predicted molar refractivity (Wildman–Crippen MR) is 88.2 cm³/mol. The summed E-state index contributed by atoms with van der Waals surface area (Å²) in [5.74, 6) is 1.03. The first-order chi connectivity index (χ1) is 9.74. The zero-order valence-electron chi connectivity index (χ0n) is 13.8. The first-order valence-electron chi connectivity index (χ1n) is 7.89. The highest BCUT2D eigenvalue weighted by atomic mass is 14.9. The van der Waals surface area contributed by atoms with E-state index in [1.165, 1.54) is 40.9 Å². The molecule has 1 aromatic carbocycles. The van der Waals surface area contributed by atoms with Gasteiger partial charge in [-0.2, -0.15) is 0 Å². The van der Waals surface area contributed by atoms with Crippen LogP contribution in [0.2, 0.25) is 0 Å². The molecular weight excluding hydrogens is 244 g/mol. The summed E-state index contributed by atoms with van der Waals surface area (Å²) in [6.45, 7) is 12.2. The van der Waals surface area contributed by atoms with Crippen molar-refractivity contribution in [3.8, 4) is 11.3 Å². The molecule has 1 aliphatic rings. The van der Waals surface area contributed by atoms with Crippen LogP contribution < -0.4 is 0 Å². The van der Waals surface area contributed by atoms with Crippen molar-refractivity contribution in [1.29, 1.82) is 0 Å². The Morgan fingerprint density at radius 2 is 1.70 bits per heavy atom. The Kier molecular flexibility index (Phi) is 6.50. The van der Waals surface area contributed by atoms with Crippen molar-refractivity contribution in [3.05, 3.63) is 40.8 Å². The molecule has 0 aliphatic heterocycles. The fraction of sp³-hybridized carbons (Fsp3) is 0.500. The Morgan fingerprint density at radius 3 is 2.40 bits per heavy atom. The van der Waals surface area contributed by atoms with Crippen LogP contribution in [0.5, 0.6) is 0 Å². The molecule has 2 aromatic rings. The molecule has 20 heavy (non-hydrogen) atoms. The second-order valence-corrected chi connectivity index (χ2v) is 4.66. The Labute approximate surface area is 123 Å². The largest absolute Gasteiger partial charge is 0.346 e. The molecule has 0 saturated heterocycles. The van der Waals surface area contributed by atoms with Gasteiger partial charge in [0.2, 0.25) is 0 Å². The third kappa shape index (κ3) is 3.50. The van der Waals surface area contributed by atoms with E-state index in [0.717, 1.165) is 12.2 Å². The van der Waals surface area contributed by atoms with E-state index in [9.17, 15) is 0 Å². The molecule has 1 aliphatic carbocycles. The normalized spacial score (nSPS) is 11.9. The average Bonchev–Trinajstić information content (AvgIpc) is 2.76. The monoisotopic (exact) mass is 272 g/mol. The highest BCUT2D eigenvalue weighted by Gasteiger charge is 2.17. The van der Waals surface area contributed by atoms with Gasteiger partial charge < -0.3 is 4.98 Å². The van der Waals surface area contributed by atoms with Crippen LogP contribution in [0.25, 0.3) is 11.3 Å². The number of aryl methyl sites for hydroxylation is 4. The molecule has 0 radical (unpaired) electrons. The van der Waals surface area contributed by atoms with Gasteiger partial charge in [-0.25, -0.2) is 4.98 Å². The maximum atomic E-state index is 4.63. The van der Waals surface area contributed by atoms with E-state index >= 15 is 0 Å². The van der Waals surface area contributed by atoms with Crippen LogP contribution in [0.15, 0.2) is 18.2 Å². The van der Waals surface area contributed by atoms with Crippen LogP contribution in [0.4, 0.5) is 0 Å². The van der Waals surface area contributed by atoms with Crippen LogP contribution in [0, 0.1) is 13.8 Å². The van der Waals surface area contributed by atoms with E-state index in [0.29, 0.717) is 0 Å². The number of imidazole rings is 1. The van der Waals surface area contributed by atoms with Crippen molar-refractivity contribution in [2.24, 2.45) is 0 Å². The minimum atomic E-state index is 1.03. The van der Waals surface area contributed by atoms with E-state index in [4.69, 9.17) is 0 Å². The molecule has 3 rings (SSSR count). The number of rotatable bonds is 0. The van der Waals surface area contributed by atoms with Gasteiger partial charge in [-0.1, -0.05) is 51.5 Å². The van der Waals surface area contributed by atoms with Crippen molar-refractivity contribution in [1.82, 2.24) is 9.97 Å². The lowest BCUT2D eigenvalue weighted by atomic mass is 10.0. The van der Waals surface area contributed by atoms with E-state index in [2.05, 4.69) is 35.1 Å². The van der Waals surface area contributed by atoms with Gasteiger partial charge >= 0.3 is 0 Å². The number of aromatic nitrogens is 2. The quantitative estimate of drug-likeness (QED) is 0.698. The number of aromatic amines is 1. The Balaban J connectivity index is 0.000000461. The first-order valence-corrected chi connectivity index (χ1v) is 7.89. The van der Waals surface area contributed by atoms with Crippen LogP contribution in [0.1, 0.15) is 56.8 Å². The van der Waals surface area contributed by atoms with E-state index in [1.54, 1.807) is 0 Å². The summed E-state index contributed by atoms with van der Waals surface area (Å²) in [6.07, 6.45) is 3.50. The summed E-state index contributed by atoms with van der Waals surface area (Å²) in [7, 11) is 0. The minimum absolute atomic E-state index is 1.03. The predicted octanol–water partition coefficient (Wildman–Crippen LogP) is 5.23. The number of nitrogens with one attached hydrogen (secondary N) is 1. The smallest absolute Gasteiger partial charge is 0.103 e. The molecule has 1 heterocycles. The molecule has 0 spiro atoms. The highest BCUT2D eigenvalue weighted by molar-refractivity contribution is 5.67. The Bertz CT molecular complexity index is 538. The van der Waals surface area contributed by atoms with Crippen molar-refractivity contribution in [3.63, 3.8) is 0 Å². The number of hydrogen-bond donors (Lipinski definition) is 1. The summed E-state index contributed by atoms with van der Waals surface area (Å²) < 4.78 is 0. The number of nitrogens with zero attached hydrogens (tertiary/aromatic N) is 1. The third-order valence-electron chi connectivity index (χ3n) is 3.29. The summed E-state index contributed by atoms with van der Waals surface area (Å²) in [5.41, 5.74) is 6.59. The SMILES string of the molecule is CC.CC.Cc1ccc2c(c1)CCCc1[nH]c(C)nc1-2. The molecule has 0 amide bonds. The number of hydrogen-bond acceptors (Lipinski definition) is 1. The molecule has 0 atom stereocenters. The summed E-state index contributed by atoms with van der Waals surface area (Å²) >= 11 is 0. The van der Waals surface area contributed by atoms with Gasteiger partial charge in [0.1, 0.15) is 5.82 Å². The first kappa shape index (κ1) is 16.5. The summed E-state index contributed by atoms with van der Waals surface area (Å²) in [5, 5.41) is 0. The van der Waals surface area contributed by atoms with Crippen molar-refractivity contribution >= 4 is 0 Å². The van der Waals surface area contributed by atoms with Gasteiger partial charge in [-0.15, -0.1) is 0 Å². The standard InChI is InChI=1S/C14H16N2.2C2H6/c1-9-6-7-12-11(8-9)4-3-5-13-14(12)16-10(2)15-13;2*1-2/h6-8H,3-5H2,1-2H3,(H,15,16);2*1-2H3. The molecule has 0 fully saturated rings. The summed E-state index contributed by atoms with van der Waals surface area (Å²) in [6, 6.07) is 6.70. The molecule has 2 nitrogen and oxygen atoms in total. The average molecular weight is 272 g/mol. The second-order valence-electron chi connectivity index (χ2n) is 4.66. The maximum Gasteiger partial charge on any atom is 0.103 e.